The second-order valence-electron chi connectivity index (χ2n) is 10.2. The first kappa shape index (κ1) is 23.8. The Kier molecular flexibility index (Phi) is 6.18. The zero-order chi connectivity index (χ0) is 26.2. The van der Waals surface area contributed by atoms with E-state index < -0.39 is 0 Å². The van der Waals surface area contributed by atoms with E-state index in [0.717, 1.165) is 64.9 Å². The maximum atomic E-state index is 6.03. The molecule has 3 saturated heterocycles. The Bertz CT molecular complexity index is 1580. The van der Waals surface area contributed by atoms with Gasteiger partial charge in [-0.2, -0.15) is 5.10 Å². The van der Waals surface area contributed by atoms with Crippen molar-refractivity contribution in [1.29, 1.82) is 0 Å². The lowest BCUT2D eigenvalue weighted by atomic mass is 9.99. The Morgan fingerprint density at radius 2 is 1.85 bits per heavy atom. The fraction of sp³-hybridized carbons (Fsp3) is 0.310. The highest BCUT2D eigenvalue weighted by Crippen LogP contribution is 2.28. The van der Waals surface area contributed by atoms with Gasteiger partial charge in [0, 0.05) is 69.7 Å². The van der Waals surface area contributed by atoms with Crippen molar-refractivity contribution in [2.24, 2.45) is 7.05 Å². The van der Waals surface area contributed by atoms with Crippen molar-refractivity contribution in [1.82, 2.24) is 34.0 Å². The molecule has 2 bridgehead atoms. The Labute approximate surface area is 226 Å². The standard InChI is InChI=1S/C29H30N8O2/c1-35-16-22(14-34-35)21-4-2-20(3-5-21)13-30-28-12-26(32-19-33-28)27-15-31-29-11-23(6-7-37(27)29)38-9-8-36-17-24-10-25(18-36)39-24/h2-7,11-12,14-16,19,24-25H,8-10,13,17-18H2,1H3,(H,30,32,33). The highest BCUT2D eigenvalue weighted by atomic mass is 16.5. The van der Waals surface area contributed by atoms with Gasteiger partial charge in [-0.15, -0.1) is 0 Å². The second-order valence-corrected chi connectivity index (χ2v) is 10.2. The van der Waals surface area contributed by atoms with Crippen LogP contribution in [0.3, 0.4) is 0 Å². The van der Waals surface area contributed by atoms with E-state index in [4.69, 9.17) is 9.47 Å². The number of ether oxygens (including phenoxy) is 2. The smallest absolute Gasteiger partial charge is 0.140 e. The van der Waals surface area contributed by atoms with Gasteiger partial charge in [0.05, 0.1) is 36.0 Å². The molecule has 4 aromatic heterocycles. The van der Waals surface area contributed by atoms with Crippen molar-refractivity contribution in [3.63, 3.8) is 0 Å². The van der Waals surface area contributed by atoms with Crippen molar-refractivity contribution in [2.45, 2.75) is 25.2 Å². The first-order valence-electron chi connectivity index (χ1n) is 13.3. The van der Waals surface area contributed by atoms with Crippen molar-refractivity contribution >= 4 is 11.5 Å². The lowest BCUT2D eigenvalue weighted by Gasteiger charge is -2.47. The maximum Gasteiger partial charge on any atom is 0.140 e. The fourth-order valence-electron chi connectivity index (χ4n) is 5.33. The average Bonchev–Trinajstić information content (AvgIpc) is 3.58. The Morgan fingerprint density at radius 3 is 2.64 bits per heavy atom. The number of nitrogens with one attached hydrogen (secondary N) is 1. The molecule has 198 valence electrons. The Balaban J connectivity index is 0.982. The van der Waals surface area contributed by atoms with Crippen LogP contribution in [0.5, 0.6) is 5.75 Å². The largest absolute Gasteiger partial charge is 0.492 e. The molecular weight excluding hydrogens is 492 g/mol. The van der Waals surface area contributed by atoms with E-state index in [1.807, 2.05) is 59.1 Å². The Morgan fingerprint density at radius 1 is 1.00 bits per heavy atom. The molecule has 0 amide bonds. The number of aryl methyl sites for hydroxylation is 1. The highest BCUT2D eigenvalue weighted by Gasteiger charge is 2.37. The summed E-state index contributed by atoms with van der Waals surface area (Å²) in [4.78, 5) is 15.9. The van der Waals surface area contributed by atoms with Crippen LogP contribution in [0.1, 0.15) is 12.0 Å². The van der Waals surface area contributed by atoms with Gasteiger partial charge in [0.2, 0.25) is 0 Å². The van der Waals surface area contributed by atoms with Crippen molar-refractivity contribution in [3.8, 4) is 28.3 Å². The van der Waals surface area contributed by atoms with Crippen LogP contribution in [0.15, 0.2) is 73.6 Å². The number of imidazole rings is 1. The van der Waals surface area contributed by atoms with E-state index in [9.17, 15) is 0 Å². The van der Waals surface area contributed by atoms with Gasteiger partial charge < -0.3 is 14.8 Å². The Hall–Kier alpha value is -4.28. The predicted octanol–water partition coefficient (Wildman–Crippen LogP) is 3.66. The van der Waals surface area contributed by atoms with Crippen molar-refractivity contribution in [3.05, 3.63) is 79.1 Å². The lowest BCUT2D eigenvalue weighted by Crippen LogP contribution is -2.57. The molecule has 2 unspecified atom stereocenters. The molecule has 0 spiro atoms. The first-order valence-corrected chi connectivity index (χ1v) is 13.3. The minimum atomic E-state index is 0.422. The minimum absolute atomic E-state index is 0.422. The topological polar surface area (TPSA) is 94.6 Å². The average molecular weight is 523 g/mol. The predicted molar refractivity (Wildman–Crippen MR) is 147 cm³/mol. The third-order valence-corrected chi connectivity index (χ3v) is 7.39. The van der Waals surface area contributed by atoms with Gasteiger partial charge in [0.1, 0.15) is 30.1 Å². The van der Waals surface area contributed by atoms with Crippen LogP contribution in [0.4, 0.5) is 5.82 Å². The van der Waals surface area contributed by atoms with E-state index in [0.29, 0.717) is 25.4 Å². The first-order chi connectivity index (χ1) is 19.2. The molecule has 3 aliphatic rings. The number of hydrogen-bond donors (Lipinski definition) is 1. The molecule has 7 heterocycles. The van der Waals surface area contributed by atoms with Gasteiger partial charge in [-0.1, -0.05) is 24.3 Å². The van der Waals surface area contributed by atoms with Gasteiger partial charge in [-0.05, 0) is 17.2 Å². The molecule has 2 atom stereocenters. The normalized spacial score (nSPS) is 18.7. The second kappa shape index (κ2) is 10.1. The van der Waals surface area contributed by atoms with E-state index in [-0.39, 0.29) is 0 Å². The summed E-state index contributed by atoms with van der Waals surface area (Å²) in [6.45, 7) is 4.24. The van der Waals surface area contributed by atoms with Crippen LogP contribution < -0.4 is 10.1 Å². The summed E-state index contributed by atoms with van der Waals surface area (Å²) in [6.07, 6.45) is 11.3. The molecule has 10 nitrogen and oxygen atoms in total. The minimum Gasteiger partial charge on any atom is -0.492 e. The van der Waals surface area contributed by atoms with E-state index >= 15 is 0 Å². The molecule has 1 N–H and O–H groups in total. The third-order valence-electron chi connectivity index (χ3n) is 7.39. The number of hydrogen-bond acceptors (Lipinski definition) is 8. The molecule has 0 aliphatic carbocycles. The summed E-state index contributed by atoms with van der Waals surface area (Å²) in [7, 11) is 1.92. The number of rotatable bonds is 9. The quantitative estimate of drug-likeness (QED) is 0.314. The molecule has 0 saturated carbocycles. The molecule has 8 rings (SSSR count). The molecule has 10 heteroatoms. The summed E-state index contributed by atoms with van der Waals surface area (Å²) in [6, 6.07) is 14.3. The third kappa shape index (κ3) is 5.08. The summed E-state index contributed by atoms with van der Waals surface area (Å²) in [5.74, 6) is 1.57. The van der Waals surface area contributed by atoms with E-state index in [2.05, 4.69) is 54.5 Å². The number of nitrogens with zero attached hydrogens (tertiary/aromatic N) is 7. The monoisotopic (exact) mass is 522 g/mol. The molecule has 3 fully saturated rings. The lowest BCUT2D eigenvalue weighted by molar-refractivity contribution is -0.181. The van der Waals surface area contributed by atoms with Crippen LogP contribution in [-0.2, 0) is 18.3 Å². The fourth-order valence-corrected chi connectivity index (χ4v) is 5.33. The summed E-state index contributed by atoms with van der Waals surface area (Å²) < 4.78 is 15.6. The van der Waals surface area contributed by atoms with Gasteiger partial charge in [0.15, 0.2) is 0 Å². The van der Waals surface area contributed by atoms with E-state index in [1.54, 1.807) is 6.33 Å². The SMILES string of the molecule is Cn1cc(-c2ccc(CNc3cc(-c4cnc5cc(OCCN6CC7CC(C6)O7)ccn45)ncn3)cc2)cn1. The van der Waals surface area contributed by atoms with Gasteiger partial charge in [-0.3, -0.25) is 14.0 Å². The number of aromatic nitrogens is 6. The van der Waals surface area contributed by atoms with Crippen LogP contribution >= 0.6 is 0 Å². The van der Waals surface area contributed by atoms with Gasteiger partial charge >= 0.3 is 0 Å². The molecular formula is C29H30N8O2. The van der Waals surface area contributed by atoms with Crippen LogP contribution in [-0.4, -0.2) is 72.5 Å². The number of benzene rings is 1. The molecule has 5 aromatic rings. The molecule has 0 radical (unpaired) electrons. The highest BCUT2D eigenvalue weighted by molar-refractivity contribution is 5.64. The number of anilines is 1. The van der Waals surface area contributed by atoms with Crippen LogP contribution in [0.25, 0.3) is 28.2 Å². The molecule has 3 aliphatic heterocycles. The number of piperidine rings is 1. The maximum absolute atomic E-state index is 6.03. The summed E-state index contributed by atoms with van der Waals surface area (Å²) in [5.41, 5.74) is 5.92. The van der Waals surface area contributed by atoms with Crippen LogP contribution in [0.2, 0.25) is 0 Å². The van der Waals surface area contributed by atoms with Crippen LogP contribution in [0, 0.1) is 0 Å². The molecule has 39 heavy (non-hydrogen) atoms. The van der Waals surface area contributed by atoms with Crippen molar-refractivity contribution < 1.29 is 9.47 Å². The number of pyridine rings is 1. The van der Waals surface area contributed by atoms with Gasteiger partial charge in [-0.25, -0.2) is 15.0 Å². The molecule has 1 aromatic carbocycles. The zero-order valence-electron chi connectivity index (χ0n) is 21.8. The van der Waals surface area contributed by atoms with Crippen molar-refractivity contribution in [2.75, 3.05) is 31.6 Å². The number of morpholine rings is 1. The zero-order valence-corrected chi connectivity index (χ0v) is 21.8. The van der Waals surface area contributed by atoms with Gasteiger partial charge in [0.25, 0.3) is 0 Å². The number of fused-ring (bicyclic) bond motifs is 3. The summed E-state index contributed by atoms with van der Waals surface area (Å²) >= 11 is 0. The summed E-state index contributed by atoms with van der Waals surface area (Å²) in [5, 5.41) is 7.66. The van der Waals surface area contributed by atoms with E-state index in [1.165, 1.54) is 6.42 Å².